The maximum atomic E-state index is 9.88. The quantitative estimate of drug-likeness (QED) is 0.658. The normalized spacial score (nSPS) is 25.9. The minimum atomic E-state index is -0.894. The van der Waals surface area contributed by atoms with Gasteiger partial charge in [-0.3, -0.25) is 0 Å². The zero-order valence-corrected chi connectivity index (χ0v) is 7.36. The van der Waals surface area contributed by atoms with Crippen molar-refractivity contribution in [2.45, 2.75) is 12.0 Å². The van der Waals surface area contributed by atoms with Gasteiger partial charge in [0, 0.05) is 6.42 Å². The van der Waals surface area contributed by atoms with E-state index < -0.39 is 5.60 Å². The van der Waals surface area contributed by atoms with Crippen LogP contribution >= 0.6 is 0 Å². The molecular formula is C11H12O2. The molecule has 68 valence electrons. The summed E-state index contributed by atoms with van der Waals surface area (Å²) in [6.45, 7) is 3.90. The van der Waals surface area contributed by atoms with Gasteiger partial charge in [0.2, 0.25) is 0 Å². The third kappa shape index (κ3) is 1.45. The molecule has 0 aliphatic carbocycles. The molecule has 0 saturated carbocycles. The van der Waals surface area contributed by atoms with Gasteiger partial charge < -0.3 is 9.84 Å². The summed E-state index contributed by atoms with van der Waals surface area (Å²) in [5.41, 5.74) is 0.144. The van der Waals surface area contributed by atoms with E-state index >= 15 is 0 Å². The Labute approximate surface area is 77.5 Å². The predicted molar refractivity (Wildman–Crippen MR) is 50.8 cm³/mol. The number of hydrogen-bond donors (Lipinski definition) is 1. The largest absolute Gasteiger partial charge is 0.490 e. The van der Waals surface area contributed by atoms with E-state index in [1.54, 1.807) is 6.08 Å². The fraction of sp³-hybridized carbons (Fsp3) is 0.273. The van der Waals surface area contributed by atoms with Crippen LogP contribution < -0.4 is 4.74 Å². The molecule has 1 aromatic rings. The first-order valence-corrected chi connectivity index (χ1v) is 4.30. The maximum Gasteiger partial charge on any atom is 0.122 e. The highest BCUT2D eigenvalue weighted by Crippen LogP contribution is 2.29. The smallest absolute Gasteiger partial charge is 0.122 e. The summed E-state index contributed by atoms with van der Waals surface area (Å²) >= 11 is 0. The first kappa shape index (κ1) is 8.32. The van der Waals surface area contributed by atoms with Crippen molar-refractivity contribution in [3.63, 3.8) is 0 Å². The summed E-state index contributed by atoms with van der Waals surface area (Å²) in [5, 5.41) is 9.88. The zero-order chi connectivity index (χ0) is 9.31. The van der Waals surface area contributed by atoms with Crippen LogP contribution in [0, 0.1) is 0 Å². The van der Waals surface area contributed by atoms with Crippen molar-refractivity contribution < 1.29 is 9.84 Å². The number of para-hydroxylation sites is 1. The molecular weight excluding hydrogens is 164 g/mol. The molecule has 1 aliphatic heterocycles. The lowest BCUT2D eigenvalue weighted by molar-refractivity contribution is 0.0250. The molecule has 1 aromatic carbocycles. The second-order valence-corrected chi connectivity index (χ2v) is 3.38. The monoisotopic (exact) mass is 176 g/mol. The van der Waals surface area contributed by atoms with E-state index in [-0.39, 0.29) is 0 Å². The van der Waals surface area contributed by atoms with E-state index in [4.69, 9.17) is 4.74 Å². The molecule has 1 unspecified atom stereocenters. The summed E-state index contributed by atoms with van der Waals surface area (Å²) in [6.07, 6.45) is 2.13. The molecule has 1 aliphatic rings. The first-order valence-electron chi connectivity index (χ1n) is 4.30. The summed E-state index contributed by atoms with van der Waals surface area (Å²) in [4.78, 5) is 0. The van der Waals surface area contributed by atoms with Crippen molar-refractivity contribution in [1.29, 1.82) is 0 Å². The summed E-state index contributed by atoms with van der Waals surface area (Å²) < 4.78 is 5.41. The highest BCUT2D eigenvalue weighted by molar-refractivity contribution is 5.37. The van der Waals surface area contributed by atoms with Crippen molar-refractivity contribution in [2.75, 3.05) is 6.61 Å². The predicted octanol–water partition coefficient (Wildman–Crippen LogP) is 1.54. The minimum absolute atomic E-state index is 0.299. The van der Waals surface area contributed by atoms with Gasteiger partial charge >= 0.3 is 0 Å². The van der Waals surface area contributed by atoms with Gasteiger partial charge in [-0.2, -0.15) is 0 Å². The van der Waals surface area contributed by atoms with Gasteiger partial charge in [0.15, 0.2) is 0 Å². The van der Waals surface area contributed by atoms with Crippen LogP contribution in [0.4, 0.5) is 0 Å². The zero-order valence-electron chi connectivity index (χ0n) is 7.36. The number of fused-ring (bicyclic) bond motifs is 1. The summed E-state index contributed by atoms with van der Waals surface area (Å²) in [7, 11) is 0. The van der Waals surface area contributed by atoms with Crippen molar-refractivity contribution >= 4 is 0 Å². The van der Waals surface area contributed by atoms with Gasteiger partial charge in [-0.05, 0) is 11.6 Å². The van der Waals surface area contributed by atoms with E-state index in [0.29, 0.717) is 13.0 Å². The van der Waals surface area contributed by atoms with Gasteiger partial charge in [0.1, 0.15) is 18.0 Å². The summed E-state index contributed by atoms with van der Waals surface area (Å²) in [5.74, 6) is 0.869. The van der Waals surface area contributed by atoms with Crippen LogP contribution in [0.5, 0.6) is 5.75 Å². The van der Waals surface area contributed by atoms with E-state index in [2.05, 4.69) is 6.58 Å². The molecule has 0 spiro atoms. The third-order valence-corrected chi connectivity index (χ3v) is 2.33. The number of aliphatic hydroxyl groups is 1. The highest BCUT2D eigenvalue weighted by Gasteiger charge is 2.29. The molecule has 0 bridgehead atoms. The van der Waals surface area contributed by atoms with Gasteiger partial charge in [0.05, 0.1) is 0 Å². The topological polar surface area (TPSA) is 29.5 Å². The van der Waals surface area contributed by atoms with Crippen LogP contribution in [0.15, 0.2) is 36.9 Å². The van der Waals surface area contributed by atoms with Crippen LogP contribution in [-0.4, -0.2) is 17.3 Å². The average molecular weight is 176 g/mol. The Balaban J connectivity index is 2.34. The average Bonchev–Trinajstić information content (AvgIpc) is 2.18. The molecule has 1 heterocycles. The Morgan fingerprint density at radius 1 is 1.46 bits per heavy atom. The molecule has 2 heteroatoms. The second-order valence-electron chi connectivity index (χ2n) is 3.38. The molecule has 1 N–H and O–H groups in total. The van der Waals surface area contributed by atoms with Gasteiger partial charge in [-0.1, -0.05) is 24.3 Å². The van der Waals surface area contributed by atoms with Crippen molar-refractivity contribution in [3.8, 4) is 5.75 Å². The molecule has 0 amide bonds. The van der Waals surface area contributed by atoms with Crippen molar-refractivity contribution in [3.05, 3.63) is 42.5 Å². The molecule has 0 radical (unpaired) electrons. The number of rotatable bonds is 1. The van der Waals surface area contributed by atoms with Gasteiger partial charge in [-0.15, -0.1) is 6.58 Å². The van der Waals surface area contributed by atoms with Crippen molar-refractivity contribution in [1.82, 2.24) is 0 Å². The molecule has 13 heavy (non-hydrogen) atoms. The fourth-order valence-electron chi connectivity index (χ4n) is 1.51. The highest BCUT2D eigenvalue weighted by atomic mass is 16.5. The fourth-order valence-corrected chi connectivity index (χ4v) is 1.51. The number of hydrogen-bond acceptors (Lipinski definition) is 2. The maximum absolute atomic E-state index is 9.88. The molecule has 2 nitrogen and oxygen atoms in total. The van der Waals surface area contributed by atoms with Crippen molar-refractivity contribution in [2.24, 2.45) is 0 Å². The Morgan fingerprint density at radius 3 is 3.00 bits per heavy atom. The van der Waals surface area contributed by atoms with E-state index in [9.17, 15) is 5.11 Å². The molecule has 0 saturated heterocycles. The van der Waals surface area contributed by atoms with Crippen LogP contribution in [-0.2, 0) is 6.42 Å². The van der Waals surface area contributed by atoms with Gasteiger partial charge in [0.25, 0.3) is 0 Å². The van der Waals surface area contributed by atoms with E-state index in [1.165, 1.54) is 0 Å². The Kier molecular flexibility index (Phi) is 1.85. The minimum Gasteiger partial charge on any atom is -0.490 e. The Bertz CT molecular complexity index is 333. The number of benzene rings is 1. The van der Waals surface area contributed by atoms with Crippen LogP contribution in [0.25, 0.3) is 0 Å². The van der Waals surface area contributed by atoms with Crippen LogP contribution in [0.1, 0.15) is 5.56 Å². The first-order chi connectivity index (χ1) is 6.23. The SMILES string of the molecule is C=CC1(O)COc2ccccc2C1. The second kappa shape index (κ2) is 2.89. The standard InChI is InChI=1S/C11H12O2/c1-2-11(12)7-9-5-3-4-6-10(9)13-8-11/h2-6,12H,1,7-8H2. The van der Waals surface area contributed by atoms with E-state index in [0.717, 1.165) is 11.3 Å². The van der Waals surface area contributed by atoms with Crippen LogP contribution in [0.3, 0.4) is 0 Å². The third-order valence-electron chi connectivity index (χ3n) is 2.33. The Hall–Kier alpha value is -1.28. The Morgan fingerprint density at radius 2 is 2.23 bits per heavy atom. The number of ether oxygens (including phenoxy) is 1. The molecule has 0 fully saturated rings. The lowest BCUT2D eigenvalue weighted by Crippen LogP contribution is -2.39. The lowest BCUT2D eigenvalue weighted by Gasteiger charge is -2.30. The van der Waals surface area contributed by atoms with Crippen LogP contribution in [0.2, 0.25) is 0 Å². The molecule has 0 aromatic heterocycles. The lowest BCUT2D eigenvalue weighted by atomic mass is 9.93. The molecule has 1 atom stereocenters. The summed E-state index contributed by atoms with van der Waals surface area (Å²) in [6, 6.07) is 7.75. The molecule has 2 rings (SSSR count). The van der Waals surface area contributed by atoms with Gasteiger partial charge in [-0.25, -0.2) is 0 Å². The van der Waals surface area contributed by atoms with E-state index in [1.807, 2.05) is 24.3 Å².